The van der Waals surface area contributed by atoms with Crippen LogP contribution < -0.4 is 5.73 Å². The van der Waals surface area contributed by atoms with Gasteiger partial charge in [0.2, 0.25) is 0 Å². The zero-order valence-corrected chi connectivity index (χ0v) is 22.2. The quantitative estimate of drug-likeness (QED) is 0.311. The lowest BCUT2D eigenvalue weighted by molar-refractivity contribution is -0.0286. The molecule has 0 amide bonds. The van der Waals surface area contributed by atoms with Gasteiger partial charge in [0.05, 0.1) is 17.2 Å². The SMILES string of the molecule is Cc1noc(-c2ccccc2)c1CSC[C@H]1O[C@@H](n2cc(C3CCCCC3)c3c(N)ncnc32)[C@H](O)[C@@H]1O. The van der Waals surface area contributed by atoms with E-state index >= 15 is 0 Å². The summed E-state index contributed by atoms with van der Waals surface area (Å²) in [7, 11) is 0. The van der Waals surface area contributed by atoms with Crippen molar-refractivity contribution in [3.05, 3.63) is 59.7 Å². The van der Waals surface area contributed by atoms with Gasteiger partial charge in [0.15, 0.2) is 12.0 Å². The van der Waals surface area contributed by atoms with Crippen molar-refractivity contribution >= 4 is 28.6 Å². The summed E-state index contributed by atoms with van der Waals surface area (Å²) in [6.07, 6.45) is 5.82. The fraction of sp³-hybridized carbons (Fsp3) is 0.464. The van der Waals surface area contributed by atoms with Gasteiger partial charge in [-0.3, -0.25) is 0 Å². The minimum atomic E-state index is -1.09. The van der Waals surface area contributed by atoms with E-state index in [1.54, 1.807) is 11.8 Å². The monoisotopic (exact) mass is 535 g/mol. The number of ether oxygens (including phenoxy) is 1. The van der Waals surface area contributed by atoms with E-state index in [1.165, 1.54) is 25.6 Å². The summed E-state index contributed by atoms with van der Waals surface area (Å²) in [6, 6.07) is 9.90. The molecule has 1 aliphatic carbocycles. The summed E-state index contributed by atoms with van der Waals surface area (Å²) in [5.41, 5.74) is 10.9. The van der Waals surface area contributed by atoms with Crippen LogP contribution in [0.5, 0.6) is 0 Å². The molecular weight excluding hydrogens is 502 g/mol. The third-order valence-electron chi connectivity index (χ3n) is 7.87. The number of fused-ring (bicyclic) bond motifs is 1. The van der Waals surface area contributed by atoms with Crippen LogP contribution in [0.4, 0.5) is 5.82 Å². The number of aliphatic hydroxyl groups excluding tert-OH is 2. The van der Waals surface area contributed by atoms with Crippen molar-refractivity contribution in [2.24, 2.45) is 0 Å². The van der Waals surface area contributed by atoms with Gasteiger partial charge < -0.3 is 29.8 Å². The number of benzene rings is 1. The molecule has 3 aromatic heterocycles. The van der Waals surface area contributed by atoms with Crippen LogP contribution >= 0.6 is 11.8 Å². The highest BCUT2D eigenvalue weighted by Gasteiger charge is 2.44. The first kappa shape index (κ1) is 25.4. The Labute approximate surface area is 225 Å². The number of aryl methyl sites for hydroxylation is 1. The van der Waals surface area contributed by atoms with Crippen LogP contribution in [0.1, 0.15) is 61.1 Å². The van der Waals surface area contributed by atoms with Crippen LogP contribution in [0.3, 0.4) is 0 Å². The molecule has 0 bridgehead atoms. The van der Waals surface area contributed by atoms with Crippen molar-refractivity contribution in [1.29, 1.82) is 0 Å². The number of nitrogens with zero attached hydrogens (tertiary/aromatic N) is 4. The number of hydrogen-bond acceptors (Lipinski definition) is 9. The molecule has 2 aliphatic rings. The number of hydrogen-bond donors (Lipinski definition) is 3. The van der Waals surface area contributed by atoms with Gasteiger partial charge in [-0.15, -0.1) is 0 Å². The summed E-state index contributed by atoms with van der Waals surface area (Å²) in [4.78, 5) is 8.74. The molecule has 1 aliphatic heterocycles. The minimum absolute atomic E-state index is 0.376. The van der Waals surface area contributed by atoms with Crippen LogP contribution in [-0.2, 0) is 10.5 Å². The number of aliphatic hydroxyl groups is 2. The Morgan fingerprint density at radius 3 is 2.66 bits per heavy atom. The van der Waals surface area contributed by atoms with Crippen molar-refractivity contribution in [1.82, 2.24) is 19.7 Å². The van der Waals surface area contributed by atoms with Gasteiger partial charge in [0.25, 0.3) is 0 Å². The van der Waals surface area contributed by atoms with Gasteiger partial charge in [-0.25, -0.2) is 9.97 Å². The summed E-state index contributed by atoms with van der Waals surface area (Å²) in [6.45, 7) is 1.93. The summed E-state index contributed by atoms with van der Waals surface area (Å²) >= 11 is 1.62. The van der Waals surface area contributed by atoms with Gasteiger partial charge >= 0.3 is 0 Å². The molecule has 4 heterocycles. The zero-order chi connectivity index (χ0) is 26.2. The van der Waals surface area contributed by atoms with E-state index in [4.69, 9.17) is 15.0 Å². The minimum Gasteiger partial charge on any atom is -0.387 e. The fourth-order valence-corrected chi connectivity index (χ4v) is 6.97. The van der Waals surface area contributed by atoms with Crippen LogP contribution in [0, 0.1) is 6.92 Å². The molecule has 0 spiro atoms. The first-order valence-corrected chi connectivity index (χ1v) is 14.4. The zero-order valence-electron chi connectivity index (χ0n) is 21.4. The first-order valence-electron chi connectivity index (χ1n) is 13.2. The Morgan fingerprint density at radius 2 is 1.87 bits per heavy atom. The number of aromatic nitrogens is 4. The number of rotatable bonds is 7. The summed E-state index contributed by atoms with van der Waals surface area (Å²) < 4.78 is 13.7. The van der Waals surface area contributed by atoms with E-state index in [0.29, 0.717) is 28.9 Å². The number of anilines is 1. The van der Waals surface area contributed by atoms with Crippen molar-refractivity contribution < 1.29 is 19.5 Å². The Bertz CT molecular complexity index is 1400. The molecule has 1 saturated carbocycles. The predicted octanol–water partition coefficient (Wildman–Crippen LogP) is 4.58. The first-order chi connectivity index (χ1) is 18.5. The Balaban J connectivity index is 1.20. The number of nitrogens with two attached hydrogens (primary N) is 1. The van der Waals surface area contributed by atoms with Gasteiger partial charge in [0.1, 0.15) is 30.0 Å². The second-order valence-corrected chi connectivity index (χ2v) is 11.3. The second-order valence-electron chi connectivity index (χ2n) is 10.3. The summed E-state index contributed by atoms with van der Waals surface area (Å²) in [5, 5.41) is 27.0. The van der Waals surface area contributed by atoms with Crippen LogP contribution in [0.2, 0.25) is 0 Å². The van der Waals surface area contributed by atoms with Gasteiger partial charge in [-0.05, 0) is 31.2 Å². The third kappa shape index (κ3) is 4.59. The summed E-state index contributed by atoms with van der Waals surface area (Å²) in [5.74, 6) is 2.72. The predicted molar refractivity (Wildman–Crippen MR) is 147 cm³/mol. The van der Waals surface area contributed by atoms with E-state index < -0.39 is 24.5 Å². The standard InChI is InChI=1S/C28H33N5O4S/c1-16-20(25(37-32-16)18-10-6-3-7-11-18)13-38-14-21-23(34)24(35)28(36-21)33-12-19(17-8-4-2-5-9-17)22-26(29)30-15-31-27(22)33/h3,6-7,10-12,15,17,21,23-24,28,34-35H,2,4-5,8-9,13-14H2,1H3,(H2,29,30,31)/t21-,23-,24-,28-/m1/s1. The molecule has 6 rings (SSSR count). The highest BCUT2D eigenvalue weighted by Crippen LogP contribution is 2.42. The molecule has 9 nitrogen and oxygen atoms in total. The van der Waals surface area contributed by atoms with E-state index in [2.05, 4.69) is 15.1 Å². The van der Waals surface area contributed by atoms with E-state index in [-0.39, 0.29) is 0 Å². The van der Waals surface area contributed by atoms with Crippen LogP contribution in [-0.4, -0.2) is 54.0 Å². The lowest BCUT2D eigenvalue weighted by Gasteiger charge is -2.21. The molecule has 0 radical (unpaired) electrons. The number of nitrogen functional groups attached to an aromatic ring is 1. The average molecular weight is 536 g/mol. The number of thioether (sulfide) groups is 1. The van der Waals surface area contributed by atoms with Crippen molar-refractivity contribution in [2.75, 3.05) is 11.5 Å². The van der Waals surface area contributed by atoms with E-state index in [9.17, 15) is 10.2 Å². The topological polar surface area (TPSA) is 132 Å². The molecule has 1 aromatic carbocycles. The molecule has 2 fully saturated rings. The van der Waals surface area contributed by atoms with Crippen molar-refractivity contribution in [2.45, 2.75) is 75.2 Å². The molecule has 4 aromatic rings. The average Bonchev–Trinajstić information content (AvgIpc) is 3.60. The van der Waals surface area contributed by atoms with Crippen molar-refractivity contribution in [3.63, 3.8) is 0 Å². The third-order valence-corrected chi connectivity index (χ3v) is 8.93. The van der Waals surface area contributed by atoms with Crippen molar-refractivity contribution in [3.8, 4) is 11.3 Å². The molecular formula is C28H33N5O4S. The fourth-order valence-electron chi connectivity index (χ4n) is 5.80. The van der Waals surface area contributed by atoms with Crippen LogP contribution in [0.25, 0.3) is 22.4 Å². The Morgan fingerprint density at radius 1 is 1.08 bits per heavy atom. The maximum absolute atomic E-state index is 11.0. The lowest BCUT2D eigenvalue weighted by Crippen LogP contribution is -2.32. The molecule has 38 heavy (non-hydrogen) atoms. The van der Waals surface area contributed by atoms with E-state index in [1.807, 2.05) is 48.0 Å². The highest BCUT2D eigenvalue weighted by molar-refractivity contribution is 7.98. The highest BCUT2D eigenvalue weighted by atomic mass is 32.2. The lowest BCUT2D eigenvalue weighted by atomic mass is 9.84. The molecule has 4 N–H and O–H groups in total. The van der Waals surface area contributed by atoms with Gasteiger partial charge in [-0.2, -0.15) is 11.8 Å². The Kier molecular flexibility index (Phi) is 7.13. The molecule has 10 heteroatoms. The second kappa shape index (κ2) is 10.7. The van der Waals surface area contributed by atoms with Gasteiger partial charge in [-0.1, -0.05) is 54.8 Å². The van der Waals surface area contributed by atoms with Gasteiger partial charge in [0, 0.05) is 28.8 Å². The molecule has 1 saturated heterocycles. The Hall–Kier alpha value is -2.92. The smallest absolute Gasteiger partial charge is 0.171 e. The maximum atomic E-state index is 11.0. The molecule has 0 unspecified atom stereocenters. The maximum Gasteiger partial charge on any atom is 0.171 e. The van der Waals surface area contributed by atoms with Crippen LogP contribution in [0.15, 0.2) is 47.4 Å². The molecule has 4 atom stereocenters. The normalized spacial score (nSPS) is 24.4. The largest absolute Gasteiger partial charge is 0.387 e. The molecule has 200 valence electrons. The van der Waals surface area contributed by atoms with E-state index in [0.717, 1.165) is 46.4 Å².